The van der Waals surface area contributed by atoms with Crippen LogP contribution in [-0.4, -0.2) is 37.2 Å². The molecule has 0 aromatic rings. The maximum absolute atomic E-state index is 12.9. The third kappa shape index (κ3) is 64.4. The van der Waals surface area contributed by atoms with E-state index in [1.807, 2.05) is 0 Å². The summed E-state index contributed by atoms with van der Waals surface area (Å²) in [4.78, 5) is 38.3. The van der Waals surface area contributed by atoms with Gasteiger partial charge in [0, 0.05) is 19.3 Å². The molecule has 1 unspecified atom stereocenters. The van der Waals surface area contributed by atoms with Crippen molar-refractivity contribution in [1.29, 1.82) is 0 Å². The highest BCUT2D eigenvalue weighted by atomic mass is 16.6. The van der Waals surface area contributed by atoms with Gasteiger partial charge in [0.1, 0.15) is 13.2 Å². The van der Waals surface area contributed by atoms with E-state index in [4.69, 9.17) is 14.2 Å². The molecule has 0 spiro atoms. The SMILES string of the molecule is CC/C=C\C/C=C\C/C=C\C/C=C\C/C=C\C/C=C\CCCCCCCCC(=O)OC(COC(=O)CCCCCCC/C=C\CCC)COC(=O)CCCCCCCCCCCCCCCC/C=C\C/C=C\C/C=C\C/C=C\CC. The van der Waals surface area contributed by atoms with Crippen LogP contribution >= 0.6 is 0 Å². The number of unbranched alkanes of at least 4 members (excludes halogenated alkanes) is 26. The van der Waals surface area contributed by atoms with E-state index in [0.29, 0.717) is 19.3 Å². The second-order valence-corrected chi connectivity index (χ2v) is 21.6. The first-order valence-corrected chi connectivity index (χ1v) is 33.2. The summed E-state index contributed by atoms with van der Waals surface area (Å²) in [6.45, 7) is 6.35. The first-order valence-electron chi connectivity index (χ1n) is 33.2. The zero-order valence-corrected chi connectivity index (χ0v) is 52.0. The molecule has 0 rings (SSSR count). The second-order valence-electron chi connectivity index (χ2n) is 21.6. The van der Waals surface area contributed by atoms with Crippen molar-refractivity contribution in [1.82, 2.24) is 0 Å². The molecule has 0 aliphatic heterocycles. The quantitative estimate of drug-likeness (QED) is 0.0261. The highest BCUT2D eigenvalue weighted by molar-refractivity contribution is 5.71. The van der Waals surface area contributed by atoms with Crippen LogP contribution in [0.4, 0.5) is 0 Å². The summed E-state index contributed by atoms with van der Waals surface area (Å²) in [5.41, 5.74) is 0. The maximum atomic E-state index is 12.9. The number of ether oxygens (including phenoxy) is 3. The van der Waals surface area contributed by atoms with E-state index in [-0.39, 0.29) is 31.1 Å². The van der Waals surface area contributed by atoms with E-state index in [1.54, 1.807) is 0 Å². The Hall–Kier alpha value is -4.45. The van der Waals surface area contributed by atoms with Crippen molar-refractivity contribution in [2.75, 3.05) is 13.2 Å². The Morgan fingerprint density at radius 3 is 0.775 bits per heavy atom. The van der Waals surface area contributed by atoms with Crippen molar-refractivity contribution < 1.29 is 28.6 Å². The number of esters is 3. The lowest BCUT2D eigenvalue weighted by Crippen LogP contribution is -2.30. The first-order chi connectivity index (χ1) is 39.5. The lowest BCUT2D eigenvalue weighted by molar-refractivity contribution is -0.167. The first kappa shape index (κ1) is 75.5. The standard InChI is InChI=1S/C74H122O6/c1-4-7-10-13-16-19-22-24-26-28-30-32-34-36-37-39-40-42-44-46-48-50-52-55-58-61-64-67-73(76)79-70-71(69-78-72(75)66-63-60-57-54-21-18-15-12-9-6-3)80-74(77)68-65-62-59-56-53-51-49-47-45-43-41-38-35-33-31-29-27-25-23-20-17-14-11-8-5-2/h7-8,10-12,15-17,19-20,24-27,30-33,38,41,45,47,71H,4-6,9,13-14,18,21-23,28-29,34-37,39-40,42-44,46,48-70H2,1-3H3/b10-7-,11-8-,15-12-,19-16-,20-17-,26-24-,27-25-,32-30-,33-31-,41-38-,47-45-. The zero-order valence-electron chi connectivity index (χ0n) is 52.0. The van der Waals surface area contributed by atoms with Gasteiger partial charge in [-0.2, -0.15) is 0 Å². The van der Waals surface area contributed by atoms with Crippen LogP contribution in [0.5, 0.6) is 0 Å². The summed E-state index contributed by atoms with van der Waals surface area (Å²) in [6, 6.07) is 0. The smallest absolute Gasteiger partial charge is 0.306 e. The van der Waals surface area contributed by atoms with Crippen LogP contribution in [0.3, 0.4) is 0 Å². The van der Waals surface area contributed by atoms with Crippen molar-refractivity contribution in [3.8, 4) is 0 Å². The molecule has 0 aliphatic carbocycles. The van der Waals surface area contributed by atoms with Gasteiger partial charge in [0.2, 0.25) is 0 Å². The van der Waals surface area contributed by atoms with Crippen LogP contribution in [0, 0.1) is 0 Å². The summed E-state index contributed by atoms with van der Waals surface area (Å²) >= 11 is 0. The molecule has 0 bridgehead atoms. The van der Waals surface area contributed by atoms with Gasteiger partial charge in [-0.1, -0.05) is 283 Å². The lowest BCUT2D eigenvalue weighted by Gasteiger charge is -2.18. The molecular weight excluding hydrogens is 985 g/mol. The predicted molar refractivity (Wildman–Crippen MR) is 348 cm³/mol. The number of carbonyl (C=O) groups is 3. The topological polar surface area (TPSA) is 78.9 Å². The number of hydrogen-bond donors (Lipinski definition) is 0. The van der Waals surface area contributed by atoms with Crippen LogP contribution in [-0.2, 0) is 28.6 Å². The molecule has 454 valence electrons. The average molecular weight is 1110 g/mol. The van der Waals surface area contributed by atoms with E-state index in [2.05, 4.69) is 154 Å². The molecule has 0 saturated carbocycles. The van der Waals surface area contributed by atoms with Gasteiger partial charge >= 0.3 is 17.9 Å². The van der Waals surface area contributed by atoms with E-state index in [0.717, 1.165) is 154 Å². The third-order valence-electron chi connectivity index (χ3n) is 13.9. The Bertz CT molecular complexity index is 1700. The maximum Gasteiger partial charge on any atom is 0.306 e. The Labute approximate surface area is 494 Å². The molecule has 0 fully saturated rings. The Morgan fingerprint density at radius 1 is 0.263 bits per heavy atom. The molecule has 6 heteroatoms. The van der Waals surface area contributed by atoms with Gasteiger partial charge in [0.15, 0.2) is 6.10 Å². The molecule has 80 heavy (non-hydrogen) atoms. The molecular formula is C74H122O6. The fourth-order valence-electron chi connectivity index (χ4n) is 8.97. The van der Waals surface area contributed by atoms with Crippen LogP contribution in [0.2, 0.25) is 0 Å². The van der Waals surface area contributed by atoms with Gasteiger partial charge in [-0.15, -0.1) is 0 Å². The summed E-state index contributed by atoms with van der Waals surface area (Å²) in [6.07, 6.45) is 94.7. The Morgan fingerprint density at radius 2 is 0.487 bits per heavy atom. The molecule has 6 nitrogen and oxygen atoms in total. The van der Waals surface area contributed by atoms with Crippen molar-refractivity contribution in [3.05, 3.63) is 134 Å². The molecule has 1 atom stereocenters. The van der Waals surface area contributed by atoms with Gasteiger partial charge in [-0.25, -0.2) is 0 Å². The molecule has 0 N–H and O–H groups in total. The number of allylic oxidation sites excluding steroid dienone is 22. The van der Waals surface area contributed by atoms with Gasteiger partial charge < -0.3 is 14.2 Å². The van der Waals surface area contributed by atoms with Crippen LogP contribution in [0.25, 0.3) is 0 Å². The predicted octanol–water partition coefficient (Wildman–Crippen LogP) is 22.9. The minimum Gasteiger partial charge on any atom is -0.462 e. The second kappa shape index (κ2) is 67.1. The van der Waals surface area contributed by atoms with Crippen molar-refractivity contribution in [2.45, 2.75) is 303 Å². The number of hydrogen-bond acceptors (Lipinski definition) is 6. The van der Waals surface area contributed by atoms with Gasteiger partial charge in [0.05, 0.1) is 0 Å². The molecule has 0 aromatic heterocycles. The molecule has 0 saturated heterocycles. The summed E-state index contributed by atoms with van der Waals surface area (Å²) in [5, 5.41) is 0. The summed E-state index contributed by atoms with van der Waals surface area (Å²) < 4.78 is 16.9. The van der Waals surface area contributed by atoms with E-state index < -0.39 is 6.10 Å². The van der Waals surface area contributed by atoms with Crippen LogP contribution in [0.1, 0.15) is 297 Å². The van der Waals surface area contributed by atoms with Crippen molar-refractivity contribution >= 4 is 17.9 Å². The van der Waals surface area contributed by atoms with Gasteiger partial charge in [0.25, 0.3) is 0 Å². The molecule has 0 aromatic carbocycles. The van der Waals surface area contributed by atoms with E-state index in [9.17, 15) is 14.4 Å². The largest absolute Gasteiger partial charge is 0.462 e. The molecule has 0 heterocycles. The fourth-order valence-corrected chi connectivity index (χ4v) is 8.97. The number of carbonyl (C=O) groups excluding carboxylic acids is 3. The lowest BCUT2D eigenvalue weighted by atomic mass is 10.0. The van der Waals surface area contributed by atoms with E-state index >= 15 is 0 Å². The minimum absolute atomic E-state index is 0.0893. The minimum atomic E-state index is -0.794. The van der Waals surface area contributed by atoms with Gasteiger partial charge in [-0.3, -0.25) is 14.4 Å². The highest BCUT2D eigenvalue weighted by Gasteiger charge is 2.19. The Balaban J connectivity index is 4.27. The summed E-state index contributed by atoms with van der Waals surface area (Å²) in [5.74, 6) is -0.912. The highest BCUT2D eigenvalue weighted by Crippen LogP contribution is 2.16. The average Bonchev–Trinajstić information content (AvgIpc) is 3.46. The van der Waals surface area contributed by atoms with Crippen LogP contribution < -0.4 is 0 Å². The van der Waals surface area contributed by atoms with Crippen molar-refractivity contribution in [2.24, 2.45) is 0 Å². The van der Waals surface area contributed by atoms with E-state index in [1.165, 1.54) is 103 Å². The number of rotatable bonds is 59. The third-order valence-corrected chi connectivity index (χ3v) is 13.9. The monoisotopic (exact) mass is 1110 g/mol. The zero-order chi connectivity index (χ0) is 57.8. The molecule has 0 radical (unpaired) electrons. The Kier molecular flexibility index (Phi) is 63.3. The van der Waals surface area contributed by atoms with Crippen molar-refractivity contribution in [3.63, 3.8) is 0 Å². The fraction of sp³-hybridized carbons (Fsp3) is 0.662. The summed E-state index contributed by atoms with van der Waals surface area (Å²) in [7, 11) is 0. The van der Waals surface area contributed by atoms with Crippen LogP contribution in [0.15, 0.2) is 134 Å². The normalized spacial score (nSPS) is 13.0. The molecule has 0 amide bonds. The molecule has 0 aliphatic rings. The van der Waals surface area contributed by atoms with Gasteiger partial charge in [-0.05, 0) is 128 Å².